The zero-order valence-electron chi connectivity index (χ0n) is 8.88. The van der Waals surface area contributed by atoms with E-state index in [0.29, 0.717) is 4.75 Å². The standard InChI is InChI=1S/C10H22N2S/c1-3-12(7-6-11)9-10(2)5-4-8-13-10/h3-9,11H2,1-2H3. The molecule has 1 aliphatic rings. The SMILES string of the molecule is CCN(CCN)CC1(C)CCCS1. The van der Waals surface area contributed by atoms with Crippen molar-refractivity contribution >= 4 is 11.8 Å². The second kappa shape index (κ2) is 5.23. The summed E-state index contributed by atoms with van der Waals surface area (Å²) in [5.41, 5.74) is 5.57. The maximum absolute atomic E-state index is 5.57. The van der Waals surface area contributed by atoms with Gasteiger partial charge in [-0.2, -0.15) is 11.8 Å². The Balaban J connectivity index is 2.35. The first-order valence-corrected chi connectivity index (χ1v) is 6.25. The van der Waals surface area contributed by atoms with Crippen LogP contribution in [-0.4, -0.2) is 41.6 Å². The topological polar surface area (TPSA) is 29.3 Å². The molecule has 1 heterocycles. The zero-order chi connectivity index (χ0) is 9.73. The minimum absolute atomic E-state index is 0.505. The number of likely N-dealkylation sites (N-methyl/N-ethyl adjacent to an activating group) is 1. The quantitative estimate of drug-likeness (QED) is 0.733. The summed E-state index contributed by atoms with van der Waals surface area (Å²) in [4.78, 5) is 2.47. The van der Waals surface area contributed by atoms with E-state index in [1.54, 1.807) is 0 Å². The van der Waals surface area contributed by atoms with Crippen molar-refractivity contribution in [2.75, 3.05) is 31.9 Å². The number of hydrogen-bond acceptors (Lipinski definition) is 3. The van der Waals surface area contributed by atoms with E-state index in [4.69, 9.17) is 5.73 Å². The van der Waals surface area contributed by atoms with Crippen LogP contribution in [0.4, 0.5) is 0 Å². The molecule has 0 saturated carbocycles. The van der Waals surface area contributed by atoms with Crippen LogP contribution in [0, 0.1) is 0 Å². The molecule has 1 saturated heterocycles. The van der Waals surface area contributed by atoms with E-state index < -0.39 is 0 Å². The van der Waals surface area contributed by atoms with Crippen LogP contribution in [0.2, 0.25) is 0 Å². The Morgan fingerprint density at radius 3 is 2.77 bits per heavy atom. The fourth-order valence-electron chi connectivity index (χ4n) is 1.97. The van der Waals surface area contributed by atoms with Gasteiger partial charge in [0.25, 0.3) is 0 Å². The summed E-state index contributed by atoms with van der Waals surface area (Å²) in [7, 11) is 0. The molecule has 13 heavy (non-hydrogen) atoms. The number of nitrogens with two attached hydrogens (primary N) is 1. The Hall–Kier alpha value is 0.270. The first-order valence-electron chi connectivity index (χ1n) is 5.26. The molecule has 2 nitrogen and oxygen atoms in total. The molecule has 0 spiro atoms. The van der Waals surface area contributed by atoms with Gasteiger partial charge in [-0.3, -0.25) is 0 Å². The first kappa shape index (κ1) is 11.3. The Kier molecular flexibility index (Phi) is 4.56. The van der Waals surface area contributed by atoms with Gasteiger partial charge >= 0.3 is 0 Å². The molecule has 1 rings (SSSR count). The van der Waals surface area contributed by atoms with Gasteiger partial charge in [-0.1, -0.05) is 6.92 Å². The second-order valence-corrected chi connectivity index (χ2v) is 5.74. The lowest BCUT2D eigenvalue weighted by Crippen LogP contribution is -2.39. The lowest BCUT2D eigenvalue weighted by Gasteiger charge is -2.30. The molecule has 0 amide bonds. The Morgan fingerprint density at radius 1 is 1.54 bits per heavy atom. The fraction of sp³-hybridized carbons (Fsp3) is 1.00. The smallest absolute Gasteiger partial charge is 0.0259 e. The van der Waals surface area contributed by atoms with Gasteiger partial charge < -0.3 is 10.6 Å². The summed E-state index contributed by atoms with van der Waals surface area (Å²) in [6.45, 7) is 8.79. The van der Waals surface area contributed by atoms with E-state index in [-0.39, 0.29) is 0 Å². The summed E-state index contributed by atoms with van der Waals surface area (Å²) >= 11 is 2.13. The van der Waals surface area contributed by atoms with Crippen molar-refractivity contribution in [1.82, 2.24) is 4.90 Å². The number of hydrogen-bond donors (Lipinski definition) is 1. The maximum Gasteiger partial charge on any atom is 0.0259 e. The maximum atomic E-state index is 5.57. The molecule has 0 aromatic carbocycles. The van der Waals surface area contributed by atoms with Crippen molar-refractivity contribution in [3.05, 3.63) is 0 Å². The molecule has 0 radical (unpaired) electrons. The average molecular weight is 202 g/mol. The highest BCUT2D eigenvalue weighted by Gasteiger charge is 2.30. The van der Waals surface area contributed by atoms with E-state index in [2.05, 4.69) is 30.5 Å². The van der Waals surface area contributed by atoms with Gasteiger partial charge in [0.2, 0.25) is 0 Å². The van der Waals surface area contributed by atoms with Crippen LogP contribution < -0.4 is 5.73 Å². The largest absolute Gasteiger partial charge is 0.329 e. The molecule has 3 heteroatoms. The highest BCUT2D eigenvalue weighted by Crippen LogP contribution is 2.38. The van der Waals surface area contributed by atoms with Crippen LogP contribution in [0.5, 0.6) is 0 Å². The van der Waals surface area contributed by atoms with Gasteiger partial charge in [-0.15, -0.1) is 0 Å². The molecule has 1 aliphatic heterocycles. The van der Waals surface area contributed by atoms with Crippen LogP contribution >= 0.6 is 11.8 Å². The van der Waals surface area contributed by atoms with Crippen LogP contribution in [0.15, 0.2) is 0 Å². The number of thioether (sulfide) groups is 1. The minimum Gasteiger partial charge on any atom is -0.329 e. The lowest BCUT2D eigenvalue weighted by atomic mass is 10.1. The number of rotatable bonds is 5. The molecule has 0 aromatic rings. The molecule has 1 fully saturated rings. The third-order valence-corrected chi connectivity index (χ3v) is 4.27. The van der Waals surface area contributed by atoms with E-state index in [0.717, 1.165) is 19.6 Å². The molecule has 2 N–H and O–H groups in total. The predicted molar refractivity (Wildman–Crippen MR) is 61.3 cm³/mol. The third-order valence-electron chi connectivity index (χ3n) is 2.75. The van der Waals surface area contributed by atoms with Crippen molar-refractivity contribution in [3.8, 4) is 0 Å². The predicted octanol–water partition coefficient (Wildman–Crippen LogP) is 1.55. The molecule has 1 unspecified atom stereocenters. The first-order chi connectivity index (χ1) is 6.20. The van der Waals surface area contributed by atoms with E-state index in [1.807, 2.05) is 0 Å². The van der Waals surface area contributed by atoms with Gasteiger partial charge in [0.05, 0.1) is 0 Å². The summed E-state index contributed by atoms with van der Waals surface area (Å²) in [5, 5.41) is 0. The summed E-state index contributed by atoms with van der Waals surface area (Å²) in [6, 6.07) is 0. The van der Waals surface area contributed by atoms with Gasteiger partial charge in [-0.25, -0.2) is 0 Å². The summed E-state index contributed by atoms with van der Waals surface area (Å²) in [6.07, 6.45) is 2.76. The summed E-state index contributed by atoms with van der Waals surface area (Å²) < 4.78 is 0.505. The van der Waals surface area contributed by atoms with Crippen LogP contribution in [-0.2, 0) is 0 Å². The van der Waals surface area contributed by atoms with E-state index in [9.17, 15) is 0 Å². The third kappa shape index (κ3) is 3.49. The van der Waals surface area contributed by atoms with Crippen LogP contribution in [0.25, 0.3) is 0 Å². The highest BCUT2D eigenvalue weighted by molar-refractivity contribution is 8.00. The molecule has 0 bridgehead atoms. The molecule has 0 aromatic heterocycles. The van der Waals surface area contributed by atoms with Gasteiger partial charge in [0.15, 0.2) is 0 Å². The summed E-state index contributed by atoms with van der Waals surface area (Å²) in [5.74, 6) is 1.34. The Labute approximate surface area is 86.2 Å². The van der Waals surface area contributed by atoms with Gasteiger partial charge in [-0.05, 0) is 32.1 Å². The van der Waals surface area contributed by atoms with E-state index >= 15 is 0 Å². The van der Waals surface area contributed by atoms with Crippen LogP contribution in [0.3, 0.4) is 0 Å². The normalized spacial score (nSPS) is 28.6. The van der Waals surface area contributed by atoms with Crippen molar-refractivity contribution in [3.63, 3.8) is 0 Å². The monoisotopic (exact) mass is 202 g/mol. The molecule has 0 aliphatic carbocycles. The highest BCUT2D eigenvalue weighted by atomic mass is 32.2. The number of nitrogens with zero attached hydrogens (tertiary/aromatic N) is 1. The molecule has 78 valence electrons. The van der Waals surface area contributed by atoms with E-state index in [1.165, 1.54) is 25.1 Å². The zero-order valence-corrected chi connectivity index (χ0v) is 9.70. The lowest BCUT2D eigenvalue weighted by molar-refractivity contribution is 0.267. The minimum atomic E-state index is 0.505. The van der Waals surface area contributed by atoms with Gasteiger partial charge in [0.1, 0.15) is 0 Å². The van der Waals surface area contributed by atoms with Crippen LogP contribution in [0.1, 0.15) is 26.7 Å². The Bertz CT molecular complexity index is 144. The fourth-order valence-corrected chi connectivity index (χ4v) is 3.31. The van der Waals surface area contributed by atoms with Crippen molar-refractivity contribution in [2.24, 2.45) is 5.73 Å². The Morgan fingerprint density at radius 2 is 2.31 bits per heavy atom. The molecular weight excluding hydrogens is 180 g/mol. The molecular formula is C10H22N2S. The van der Waals surface area contributed by atoms with Crippen molar-refractivity contribution in [2.45, 2.75) is 31.4 Å². The van der Waals surface area contributed by atoms with Crippen molar-refractivity contribution in [1.29, 1.82) is 0 Å². The molecule has 1 atom stereocenters. The second-order valence-electron chi connectivity index (χ2n) is 4.06. The van der Waals surface area contributed by atoms with Crippen molar-refractivity contribution < 1.29 is 0 Å². The van der Waals surface area contributed by atoms with Gasteiger partial charge in [0, 0.05) is 24.4 Å². The average Bonchev–Trinajstić information content (AvgIpc) is 2.51.